The molecule has 0 saturated heterocycles. The van der Waals surface area contributed by atoms with E-state index in [4.69, 9.17) is 13.9 Å². The number of benzene rings is 2. The number of amides is 1. The van der Waals surface area contributed by atoms with E-state index in [-0.39, 0.29) is 5.56 Å². The van der Waals surface area contributed by atoms with Crippen LogP contribution in [0.3, 0.4) is 0 Å². The highest BCUT2D eigenvalue weighted by Gasteiger charge is 2.19. The van der Waals surface area contributed by atoms with Gasteiger partial charge in [0.15, 0.2) is 6.10 Å². The first-order valence-electron chi connectivity index (χ1n) is 7.99. The lowest BCUT2D eigenvalue weighted by Gasteiger charge is -2.13. The lowest BCUT2D eigenvalue weighted by atomic mass is 10.2. The highest BCUT2D eigenvalue weighted by molar-refractivity contribution is 5.97. The molecule has 3 aromatic rings. The van der Waals surface area contributed by atoms with Crippen LogP contribution in [0.15, 0.2) is 77.6 Å². The van der Waals surface area contributed by atoms with Gasteiger partial charge in [-0.15, -0.1) is 0 Å². The molecule has 6 nitrogen and oxygen atoms in total. The molecule has 1 aromatic heterocycles. The average Bonchev–Trinajstić information content (AvgIpc) is 3.19. The van der Waals surface area contributed by atoms with Crippen molar-refractivity contribution in [2.75, 3.05) is 5.32 Å². The van der Waals surface area contributed by atoms with Crippen LogP contribution in [-0.2, 0) is 9.53 Å². The van der Waals surface area contributed by atoms with E-state index in [1.165, 1.54) is 25.5 Å². The molecule has 0 fully saturated rings. The molecular weight excluding hydrogens is 334 g/mol. The van der Waals surface area contributed by atoms with Gasteiger partial charge in [-0.05, 0) is 49.4 Å². The number of esters is 1. The molecule has 1 amide bonds. The quantitative estimate of drug-likeness (QED) is 0.672. The minimum absolute atomic E-state index is 0.257. The van der Waals surface area contributed by atoms with Crippen LogP contribution in [-0.4, -0.2) is 18.0 Å². The molecule has 3 rings (SSSR count). The monoisotopic (exact) mass is 351 g/mol. The molecule has 0 aliphatic rings. The van der Waals surface area contributed by atoms with E-state index in [0.717, 1.165) is 5.75 Å². The molecule has 1 heterocycles. The second kappa shape index (κ2) is 8.02. The van der Waals surface area contributed by atoms with Crippen LogP contribution in [0.5, 0.6) is 11.5 Å². The van der Waals surface area contributed by atoms with Gasteiger partial charge in [-0.2, -0.15) is 0 Å². The number of hydrogen-bond donors (Lipinski definition) is 1. The van der Waals surface area contributed by atoms with Crippen molar-refractivity contribution in [2.24, 2.45) is 0 Å². The van der Waals surface area contributed by atoms with Gasteiger partial charge >= 0.3 is 5.97 Å². The number of hydrogen-bond acceptors (Lipinski definition) is 5. The number of carbonyl (C=O) groups excluding carboxylic acids is 2. The lowest BCUT2D eigenvalue weighted by molar-refractivity contribution is -0.123. The van der Waals surface area contributed by atoms with Crippen molar-refractivity contribution in [3.05, 3.63) is 78.8 Å². The predicted octanol–water partition coefficient (Wildman–Crippen LogP) is 4.26. The predicted molar refractivity (Wildman–Crippen MR) is 95.2 cm³/mol. The van der Waals surface area contributed by atoms with E-state index in [1.54, 1.807) is 24.3 Å². The highest BCUT2D eigenvalue weighted by atomic mass is 16.5. The van der Waals surface area contributed by atoms with Crippen molar-refractivity contribution < 1.29 is 23.5 Å². The fraction of sp³-hybridized carbons (Fsp3) is 0.100. The molecular formula is C20H17NO5. The standard InChI is InChI=1S/C20H17NO5/c1-14(25-20(23)15-11-12-24-13-15)19(22)21-16-7-9-18(10-8-16)26-17-5-3-2-4-6-17/h2-14H,1H3,(H,21,22). The summed E-state index contributed by atoms with van der Waals surface area (Å²) in [6, 6.07) is 17.8. The van der Waals surface area contributed by atoms with Crippen molar-refractivity contribution in [1.82, 2.24) is 0 Å². The van der Waals surface area contributed by atoms with E-state index < -0.39 is 18.0 Å². The summed E-state index contributed by atoms with van der Waals surface area (Å²) < 4.78 is 15.6. The van der Waals surface area contributed by atoms with Crippen LogP contribution >= 0.6 is 0 Å². The fourth-order valence-corrected chi connectivity index (χ4v) is 2.14. The topological polar surface area (TPSA) is 77.8 Å². The van der Waals surface area contributed by atoms with Crippen molar-refractivity contribution in [2.45, 2.75) is 13.0 Å². The molecule has 6 heteroatoms. The summed E-state index contributed by atoms with van der Waals surface area (Å²) in [5, 5.41) is 2.69. The second-order valence-corrected chi connectivity index (χ2v) is 5.49. The first-order chi connectivity index (χ1) is 12.6. The molecule has 132 valence electrons. The smallest absolute Gasteiger partial charge is 0.342 e. The SMILES string of the molecule is CC(OC(=O)c1ccoc1)C(=O)Nc1ccc(Oc2ccccc2)cc1. The van der Waals surface area contributed by atoms with Crippen LogP contribution in [0.2, 0.25) is 0 Å². The molecule has 26 heavy (non-hydrogen) atoms. The normalized spacial score (nSPS) is 11.4. The minimum Gasteiger partial charge on any atom is -0.472 e. The van der Waals surface area contributed by atoms with Crippen LogP contribution in [0.1, 0.15) is 17.3 Å². The van der Waals surface area contributed by atoms with E-state index >= 15 is 0 Å². The van der Waals surface area contributed by atoms with Gasteiger partial charge in [0.2, 0.25) is 0 Å². The number of rotatable bonds is 6. The van der Waals surface area contributed by atoms with Gasteiger partial charge in [-0.3, -0.25) is 4.79 Å². The Morgan fingerprint density at radius 2 is 1.65 bits per heavy atom. The maximum Gasteiger partial charge on any atom is 0.342 e. The van der Waals surface area contributed by atoms with Crippen LogP contribution in [0.4, 0.5) is 5.69 Å². The lowest BCUT2D eigenvalue weighted by Crippen LogP contribution is -2.29. The number of nitrogens with one attached hydrogen (secondary N) is 1. The number of furan rings is 1. The van der Waals surface area contributed by atoms with Crippen molar-refractivity contribution in [3.63, 3.8) is 0 Å². The maximum absolute atomic E-state index is 12.2. The summed E-state index contributed by atoms with van der Waals surface area (Å²) in [7, 11) is 0. The summed E-state index contributed by atoms with van der Waals surface area (Å²) in [6.45, 7) is 1.50. The van der Waals surface area contributed by atoms with E-state index in [2.05, 4.69) is 5.32 Å². The Labute approximate surface area is 150 Å². The Morgan fingerprint density at radius 3 is 2.31 bits per heavy atom. The van der Waals surface area contributed by atoms with Crippen molar-refractivity contribution in [3.8, 4) is 11.5 Å². The van der Waals surface area contributed by atoms with Gasteiger partial charge in [-0.25, -0.2) is 4.79 Å². The molecule has 0 bridgehead atoms. The summed E-state index contributed by atoms with van der Waals surface area (Å²) >= 11 is 0. The number of ether oxygens (including phenoxy) is 2. The second-order valence-electron chi connectivity index (χ2n) is 5.49. The summed E-state index contributed by atoms with van der Waals surface area (Å²) in [5.41, 5.74) is 0.827. The molecule has 0 aliphatic heterocycles. The average molecular weight is 351 g/mol. The largest absolute Gasteiger partial charge is 0.472 e. The van der Waals surface area contributed by atoms with Gasteiger partial charge in [0, 0.05) is 5.69 Å². The number of carbonyl (C=O) groups is 2. The summed E-state index contributed by atoms with van der Waals surface area (Å²) in [5.74, 6) is 0.323. The summed E-state index contributed by atoms with van der Waals surface area (Å²) in [6.07, 6.45) is 1.68. The maximum atomic E-state index is 12.2. The fourth-order valence-electron chi connectivity index (χ4n) is 2.14. The Balaban J connectivity index is 1.54. The highest BCUT2D eigenvalue weighted by Crippen LogP contribution is 2.22. The van der Waals surface area contributed by atoms with Crippen molar-refractivity contribution >= 4 is 17.6 Å². The van der Waals surface area contributed by atoms with E-state index in [1.807, 2.05) is 30.3 Å². The molecule has 1 atom stereocenters. The van der Waals surface area contributed by atoms with Gasteiger partial charge in [0.1, 0.15) is 17.8 Å². The first-order valence-corrected chi connectivity index (χ1v) is 7.99. The third-order valence-electron chi connectivity index (χ3n) is 3.51. The Hall–Kier alpha value is -3.54. The number of anilines is 1. The zero-order valence-corrected chi connectivity index (χ0v) is 14.0. The van der Waals surface area contributed by atoms with E-state index in [0.29, 0.717) is 11.4 Å². The number of para-hydroxylation sites is 1. The van der Waals surface area contributed by atoms with Crippen LogP contribution in [0, 0.1) is 0 Å². The Bertz CT molecular complexity index is 857. The minimum atomic E-state index is -0.947. The zero-order valence-electron chi connectivity index (χ0n) is 14.0. The molecule has 0 radical (unpaired) electrons. The molecule has 2 aromatic carbocycles. The molecule has 0 saturated carbocycles. The van der Waals surface area contributed by atoms with Gasteiger partial charge in [0.05, 0.1) is 11.8 Å². The van der Waals surface area contributed by atoms with Gasteiger partial charge in [0.25, 0.3) is 5.91 Å². The molecule has 1 unspecified atom stereocenters. The van der Waals surface area contributed by atoms with Gasteiger partial charge in [-0.1, -0.05) is 18.2 Å². The van der Waals surface area contributed by atoms with Crippen LogP contribution in [0.25, 0.3) is 0 Å². The Morgan fingerprint density at radius 1 is 0.962 bits per heavy atom. The summed E-state index contributed by atoms with van der Waals surface area (Å²) in [4.78, 5) is 24.0. The first kappa shape index (κ1) is 17.3. The van der Waals surface area contributed by atoms with Gasteiger partial charge < -0.3 is 19.2 Å². The third kappa shape index (κ3) is 4.51. The zero-order chi connectivity index (χ0) is 18.4. The molecule has 0 spiro atoms. The van der Waals surface area contributed by atoms with E-state index in [9.17, 15) is 9.59 Å². The van der Waals surface area contributed by atoms with Crippen molar-refractivity contribution in [1.29, 1.82) is 0 Å². The molecule has 1 N–H and O–H groups in total. The molecule has 0 aliphatic carbocycles. The third-order valence-corrected chi connectivity index (χ3v) is 3.51. The Kier molecular flexibility index (Phi) is 5.34. The van der Waals surface area contributed by atoms with Crippen LogP contribution < -0.4 is 10.1 Å².